The molecule has 0 radical (unpaired) electrons. The van der Waals surface area contributed by atoms with Gasteiger partial charge in [0, 0.05) is 26.1 Å². The van der Waals surface area contributed by atoms with Crippen molar-refractivity contribution in [3.63, 3.8) is 0 Å². The molecular formula is C10H18ClNO4. The van der Waals surface area contributed by atoms with Crippen molar-refractivity contribution in [2.24, 2.45) is 0 Å². The Kier molecular flexibility index (Phi) is 6.71. The number of carbonyl (C=O) groups is 1. The summed E-state index contributed by atoms with van der Waals surface area (Å²) in [6, 6.07) is 0. The maximum atomic E-state index is 12.0. The van der Waals surface area contributed by atoms with Crippen LogP contribution in [0.15, 0.2) is 0 Å². The normalized spacial score (nSPS) is 20.8. The highest BCUT2D eigenvalue weighted by molar-refractivity contribution is 6.18. The van der Waals surface area contributed by atoms with Crippen LogP contribution in [0.4, 0.5) is 0 Å². The fourth-order valence-electron chi connectivity index (χ4n) is 1.47. The number of halogens is 1. The van der Waals surface area contributed by atoms with Gasteiger partial charge in [0.1, 0.15) is 0 Å². The van der Waals surface area contributed by atoms with Crippen LogP contribution in [0.1, 0.15) is 0 Å². The Labute approximate surface area is 101 Å². The van der Waals surface area contributed by atoms with Gasteiger partial charge in [-0.2, -0.15) is 0 Å². The number of methoxy groups -OCH3 is 1. The van der Waals surface area contributed by atoms with Gasteiger partial charge in [-0.25, -0.2) is 0 Å². The van der Waals surface area contributed by atoms with Gasteiger partial charge < -0.3 is 19.1 Å². The second kappa shape index (κ2) is 7.84. The van der Waals surface area contributed by atoms with E-state index in [1.165, 1.54) is 0 Å². The van der Waals surface area contributed by atoms with Crippen LogP contribution in [0.2, 0.25) is 0 Å². The van der Waals surface area contributed by atoms with Crippen LogP contribution in [0, 0.1) is 0 Å². The SMILES string of the molecule is COCCN(CCCl)C(=O)C1COCCO1. The van der Waals surface area contributed by atoms with E-state index in [2.05, 4.69) is 0 Å². The molecule has 0 aromatic heterocycles. The van der Waals surface area contributed by atoms with Crippen molar-refractivity contribution >= 4 is 17.5 Å². The van der Waals surface area contributed by atoms with Crippen LogP contribution in [-0.4, -0.2) is 69.4 Å². The summed E-state index contributed by atoms with van der Waals surface area (Å²) < 4.78 is 15.5. The molecule has 1 heterocycles. The third kappa shape index (κ3) is 4.25. The van der Waals surface area contributed by atoms with Crippen LogP contribution in [0.5, 0.6) is 0 Å². The predicted octanol–water partition coefficient (Wildman–Crippen LogP) is 0.116. The van der Waals surface area contributed by atoms with Crippen LogP contribution >= 0.6 is 11.6 Å². The summed E-state index contributed by atoms with van der Waals surface area (Å²) in [6.07, 6.45) is -0.492. The molecule has 0 bridgehead atoms. The summed E-state index contributed by atoms with van der Waals surface area (Å²) >= 11 is 5.65. The molecule has 0 N–H and O–H groups in total. The minimum Gasteiger partial charge on any atom is -0.383 e. The Morgan fingerprint density at radius 3 is 2.88 bits per heavy atom. The Bertz CT molecular complexity index is 209. The van der Waals surface area contributed by atoms with Gasteiger partial charge in [0.05, 0.1) is 26.4 Å². The van der Waals surface area contributed by atoms with E-state index in [1.807, 2.05) is 0 Å². The third-order valence-electron chi connectivity index (χ3n) is 2.32. The average Bonchev–Trinajstić information content (AvgIpc) is 2.35. The van der Waals surface area contributed by atoms with E-state index in [0.717, 1.165) is 0 Å². The largest absolute Gasteiger partial charge is 0.383 e. The molecule has 1 fully saturated rings. The molecule has 16 heavy (non-hydrogen) atoms. The number of ether oxygens (including phenoxy) is 3. The van der Waals surface area contributed by atoms with Crippen molar-refractivity contribution < 1.29 is 19.0 Å². The van der Waals surface area contributed by atoms with Crippen molar-refractivity contribution in [3.05, 3.63) is 0 Å². The van der Waals surface area contributed by atoms with Gasteiger partial charge in [-0.15, -0.1) is 11.6 Å². The fraction of sp³-hybridized carbons (Fsp3) is 0.900. The lowest BCUT2D eigenvalue weighted by molar-refractivity contribution is -0.158. The lowest BCUT2D eigenvalue weighted by atomic mass is 10.3. The molecular weight excluding hydrogens is 234 g/mol. The molecule has 0 aromatic rings. The second-order valence-corrected chi connectivity index (χ2v) is 3.82. The highest BCUT2D eigenvalue weighted by Gasteiger charge is 2.26. The van der Waals surface area contributed by atoms with Gasteiger partial charge in [-0.3, -0.25) is 4.79 Å². The standard InChI is InChI=1S/C10H18ClNO4/c1-14-5-4-12(3-2-11)10(13)9-8-15-6-7-16-9/h9H,2-8H2,1H3. The lowest BCUT2D eigenvalue weighted by Gasteiger charge is -2.28. The van der Waals surface area contributed by atoms with Gasteiger partial charge >= 0.3 is 0 Å². The Morgan fingerprint density at radius 2 is 2.31 bits per heavy atom. The maximum absolute atomic E-state index is 12.0. The molecule has 1 atom stereocenters. The van der Waals surface area contributed by atoms with Crippen molar-refractivity contribution in [2.45, 2.75) is 6.10 Å². The Morgan fingerprint density at radius 1 is 1.50 bits per heavy atom. The van der Waals surface area contributed by atoms with Gasteiger partial charge in [0.2, 0.25) is 0 Å². The van der Waals surface area contributed by atoms with Gasteiger partial charge in [-0.1, -0.05) is 0 Å². The minimum absolute atomic E-state index is 0.0719. The molecule has 0 spiro atoms. The van der Waals surface area contributed by atoms with Gasteiger partial charge in [-0.05, 0) is 0 Å². The quantitative estimate of drug-likeness (QED) is 0.629. The van der Waals surface area contributed by atoms with Crippen LogP contribution in [-0.2, 0) is 19.0 Å². The van der Waals surface area contributed by atoms with E-state index < -0.39 is 6.10 Å². The van der Waals surface area contributed by atoms with E-state index in [1.54, 1.807) is 12.0 Å². The van der Waals surface area contributed by atoms with Crippen molar-refractivity contribution in [3.8, 4) is 0 Å². The number of nitrogens with zero attached hydrogens (tertiary/aromatic N) is 1. The van der Waals surface area contributed by atoms with E-state index in [0.29, 0.717) is 45.4 Å². The van der Waals surface area contributed by atoms with Crippen LogP contribution < -0.4 is 0 Å². The lowest BCUT2D eigenvalue weighted by Crippen LogP contribution is -2.47. The Balaban J connectivity index is 2.44. The first-order valence-electron chi connectivity index (χ1n) is 5.32. The molecule has 0 aliphatic carbocycles. The molecule has 1 saturated heterocycles. The van der Waals surface area contributed by atoms with E-state index in [9.17, 15) is 4.79 Å². The topological polar surface area (TPSA) is 48.0 Å². The molecule has 1 aliphatic rings. The summed E-state index contributed by atoms with van der Waals surface area (Å²) in [5.41, 5.74) is 0. The summed E-state index contributed by atoms with van der Waals surface area (Å²) in [5, 5.41) is 0. The number of rotatable bonds is 6. The smallest absolute Gasteiger partial charge is 0.254 e. The van der Waals surface area contributed by atoms with E-state index in [4.69, 9.17) is 25.8 Å². The molecule has 1 unspecified atom stereocenters. The van der Waals surface area contributed by atoms with Crippen molar-refractivity contribution in [2.75, 3.05) is 52.5 Å². The van der Waals surface area contributed by atoms with Crippen molar-refractivity contribution in [1.82, 2.24) is 4.90 Å². The molecule has 94 valence electrons. The zero-order chi connectivity index (χ0) is 11.8. The number of alkyl halides is 1. The molecule has 1 amide bonds. The number of carbonyl (C=O) groups excluding carboxylic acids is 1. The highest BCUT2D eigenvalue weighted by atomic mass is 35.5. The zero-order valence-electron chi connectivity index (χ0n) is 9.49. The first-order chi connectivity index (χ1) is 7.79. The van der Waals surface area contributed by atoms with Crippen molar-refractivity contribution in [1.29, 1.82) is 0 Å². The summed E-state index contributed by atoms with van der Waals surface area (Å²) in [6.45, 7) is 2.87. The predicted molar refractivity (Wildman–Crippen MR) is 59.7 cm³/mol. The van der Waals surface area contributed by atoms with Gasteiger partial charge in [0.25, 0.3) is 5.91 Å². The van der Waals surface area contributed by atoms with E-state index in [-0.39, 0.29) is 5.91 Å². The minimum atomic E-state index is -0.492. The molecule has 5 nitrogen and oxygen atoms in total. The summed E-state index contributed by atoms with van der Waals surface area (Å²) in [4.78, 5) is 13.6. The highest BCUT2D eigenvalue weighted by Crippen LogP contribution is 2.06. The molecule has 0 aromatic carbocycles. The van der Waals surface area contributed by atoms with Crippen LogP contribution in [0.25, 0.3) is 0 Å². The molecule has 6 heteroatoms. The number of hydrogen-bond acceptors (Lipinski definition) is 4. The average molecular weight is 252 g/mol. The molecule has 0 saturated carbocycles. The Hall–Kier alpha value is -0.360. The fourth-order valence-corrected chi connectivity index (χ4v) is 1.67. The third-order valence-corrected chi connectivity index (χ3v) is 2.49. The first-order valence-corrected chi connectivity index (χ1v) is 5.86. The van der Waals surface area contributed by atoms with Gasteiger partial charge in [0.15, 0.2) is 6.10 Å². The molecule has 1 aliphatic heterocycles. The summed E-state index contributed by atoms with van der Waals surface area (Å²) in [7, 11) is 1.60. The van der Waals surface area contributed by atoms with E-state index >= 15 is 0 Å². The second-order valence-electron chi connectivity index (χ2n) is 3.44. The molecule has 1 rings (SSSR count). The monoisotopic (exact) mass is 251 g/mol. The number of hydrogen-bond donors (Lipinski definition) is 0. The zero-order valence-corrected chi connectivity index (χ0v) is 10.2. The maximum Gasteiger partial charge on any atom is 0.254 e. The first kappa shape index (κ1) is 13.7. The van der Waals surface area contributed by atoms with Crippen LogP contribution in [0.3, 0.4) is 0 Å². The number of amides is 1. The summed E-state index contributed by atoms with van der Waals surface area (Å²) in [5.74, 6) is 0.334.